The summed E-state index contributed by atoms with van der Waals surface area (Å²) in [6, 6.07) is 9.61. The lowest BCUT2D eigenvalue weighted by Gasteiger charge is -2.33. The maximum absolute atomic E-state index is 12.7. The van der Waals surface area contributed by atoms with Gasteiger partial charge in [0.15, 0.2) is 5.69 Å². The van der Waals surface area contributed by atoms with Crippen molar-refractivity contribution < 1.29 is 22.9 Å². The number of alkyl halides is 3. The number of benzene rings is 1. The lowest BCUT2D eigenvalue weighted by molar-refractivity contribution is -0.384. The molecule has 4 rings (SSSR count). The van der Waals surface area contributed by atoms with Crippen LogP contribution in [0.5, 0.6) is 0 Å². The SMILES string of the molecule is O=C(NC1CCN(c2ccc(C(F)(F)F)cn2)CC1)c1ccn(-c2ccc([N+](=O)[O-])cc2)n1. The summed E-state index contributed by atoms with van der Waals surface area (Å²) in [7, 11) is 0. The topological polar surface area (TPSA) is 106 Å². The summed E-state index contributed by atoms with van der Waals surface area (Å²) in [5.74, 6) is 0.122. The van der Waals surface area contributed by atoms with Crippen molar-refractivity contribution in [3.8, 4) is 5.69 Å². The summed E-state index contributed by atoms with van der Waals surface area (Å²) in [4.78, 5) is 28.6. The number of carbonyl (C=O) groups excluding carboxylic acids is 1. The summed E-state index contributed by atoms with van der Waals surface area (Å²) in [6.07, 6.45) is -0.789. The predicted molar refractivity (Wildman–Crippen MR) is 112 cm³/mol. The number of amides is 1. The van der Waals surface area contributed by atoms with Gasteiger partial charge in [-0.25, -0.2) is 9.67 Å². The molecule has 1 amide bonds. The molecule has 0 spiro atoms. The fourth-order valence-corrected chi connectivity index (χ4v) is 3.57. The molecule has 1 aliphatic heterocycles. The predicted octanol–water partition coefficient (Wildman–Crippen LogP) is 3.59. The second kappa shape index (κ2) is 8.88. The van der Waals surface area contributed by atoms with E-state index in [4.69, 9.17) is 0 Å². The van der Waals surface area contributed by atoms with Crippen LogP contribution in [0.25, 0.3) is 5.69 Å². The molecule has 1 fully saturated rings. The molecule has 2 aromatic heterocycles. The molecule has 0 radical (unpaired) electrons. The normalized spacial score (nSPS) is 14.8. The van der Waals surface area contributed by atoms with E-state index < -0.39 is 16.7 Å². The van der Waals surface area contributed by atoms with Gasteiger partial charge in [-0.15, -0.1) is 0 Å². The summed E-state index contributed by atoms with van der Waals surface area (Å²) in [6.45, 7) is 1.08. The highest BCUT2D eigenvalue weighted by atomic mass is 19.4. The van der Waals surface area contributed by atoms with Gasteiger partial charge < -0.3 is 10.2 Å². The van der Waals surface area contributed by atoms with E-state index in [1.165, 1.54) is 35.0 Å². The molecule has 0 aliphatic carbocycles. The van der Waals surface area contributed by atoms with Gasteiger partial charge >= 0.3 is 6.18 Å². The van der Waals surface area contributed by atoms with E-state index >= 15 is 0 Å². The average molecular weight is 460 g/mol. The van der Waals surface area contributed by atoms with Gasteiger partial charge in [-0.3, -0.25) is 14.9 Å². The van der Waals surface area contributed by atoms with Crippen molar-refractivity contribution >= 4 is 17.4 Å². The van der Waals surface area contributed by atoms with E-state index in [1.807, 2.05) is 4.90 Å². The molecule has 0 bridgehead atoms. The number of nitrogens with zero attached hydrogens (tertiary/aromatic N) is 5. The zero-order valence-corrected chi connectivity index (χ0v) is 17.2. The van der Waals surface area contributed by atoms with Gasteiger partial charge in [-0.2, -0.15) is 18.3 Å². The number of nitro groups is 1. The Morgan fingerprint density at radius 2 is 1.79 bits per heavy atom. The Morgan fingerprint density at radius 1 is 1.09 bits per heavy atom. The van der Waals surface area contributed by atoms with E-state index in [-0.39, 0.29) is 23.3 Å². The first-order valence-corrected chi connectivity index (χ1v) is 10.1. The number of hydrogen-bond donors (Lipinski definition) is 1. The second-order valence-electron chi connectivity index (χ2n) is 7.56. The van der Waals surface area contributed by atoms with Crippen LogP contribution >= 0.6 is 0 Å². The van der Waals surface area contributed by atoms with Crippen molar-refractivity contribution in [3.63, 3.8) is 0 Å². The third kappa shape index (κ3) is 5.10. The number of piperidine rings is 1. The number of nitro benzene ring substituents is 1. The molecule has 1 saturated heterocycles. The lowest BCUT2D eigenvalue weighted by atomic mass is 10.0. The zero-order chi connectivity index (χ0) is 23.6. The molecular formula is C21H19F3N6O3. The smallest absolute Gasteiger partial charge is 0.356 e. The largest absolute Gasteiger partial charge is 0.417 e. The molecule has 0 unspecified atom stereocenters. The highest BCUT2D eigenvalue weighted by Gasteiger charge is 2.31. The summed E-state index contributed by atoms with van der Waals surface area (Å²) >= 11 is 0. The van der Waals surface area contributed by atoms with Crippen molar-refractivity contribution in [2.75, 3.05) is 18.0 Å². The fourth-order valence-electron chi connectivity index (χ4n) is 3.57. The van der Waals surface area contributed by atoms with Crippen LogP contribution in [0.15, 0.2) is 54.9 Å². The zero-order valence-electron chi connectivity index (χ0n) is 17.2. The van der Waals surface area contributed by atoms with Crippen LogP contribution in [0.3, 0.4) is 0 Å². The van der Waals surface area contributed by atoms with E-state index in [1.54, 1.807) is 12.3 Å². The minimum absolute atomic E-state index is 0.0401. The van der Waals surface area contributed by atoms with Gasteiger partial charge in [0.25, 0.3) is 11.6 Å². The molecule has 3 aromatic rings. The highest BCUT2D eigenvalue weighted by molar-refractivity contribution is 5.92. The first-order chi connectivity index (χ1) is 15.7. The average Bonchev–Trinajstić information content (AvgIpc) is 3.30. The van der Waals surface area contributed by atoms with Crippen LogP contribution in [0, 0.1) is 10.1 Å². The molecule has 1 aliphatic rings. The molecule has 0 saturated carbocycles. The number of hydrogen-bond acceptors (Lipinski definition) is 6. The fraction of sp³-hybridized carbons (Fsp3) is 0.286. The van der Waals surface area contributed by atoms with E-state index in [0.717, 1.165) is 12.3 Å². The standard InChI is InChI=1S/C21H19F3N6O3/c22-21(23,24)14-1-6-19(25-13-14)28-10-7-15(8-11-28)26-20(31)18-9-12-29(27-18)16-2-4-17(5-3-16)30(32)33/h1-6,9,12-13,15H,7-8,10-11H2,(H,26,31). The third-order valence-corrected chi connectivity index (χ3v) is 5.38. The Kier molecular flexibility index (Phi) is 5.99. The van der Waals surface area contributed by atoms with Gasteiger partial charge in [0, 0.05) is 43.7 Å². The number of rotatable bonds is 5. The van der Waals surface area contributed by atoms with Crippen LogP contribution in [-0.4, -0.2) is 44.7 Å². The molecule has 1 N–H and O–H groups in total. The quantitative estimate of drug-likeness (QED) is 0.461. The molecule has 3 heterocycles. The van der Waals surface area contributed by atoms with Crippen molar-refractivity contribution in [1.82, 2.24) is 20.1 Å². The second-order valence-corrected chi connectivity index (χ2v) is 7.56. The van der Waals surface area contributed by atoms with Crippen molar-refractivity contribution in [2.45, 2.75) is 25.1 Å². The molecule has 172 valence electrons. The minimum Gasteiger partial charge on any atom is -0.356 e. The molecule has 12 heteroatoms. The number of carbonyl (C=O) groups is 1. The van der Waals surface area contributed by atoms with Crippen LogP contribution in [0.2, 0.25) is 0 Å². The number of halogens is 3. The van der Waals surface area contributed by atoms with Crippen LogP contribution in [0.1, 0.15) is 28.9 Å². The van der Waals surface area contributed by atoms with Crippen molar-refractivity contribution in [2.24, 2.45) is 0 Å². The summed E-state index contributed by atoms with van der Waals surface area (Å²) in [5.41, 5.74) is -0.0412. The number of nitrogens with one attached hydrogen (secondary N) is 1. The molecule has 33 heavy (non-hydrogen) atoms. The van der Waals surface area contributed by atoms with E-state index in [0.29, 0.717) is 37.4 Å². The molecule has 9 nitrogen and oxygen atoms in total. The van der Waals surface area contributed by atoms with E-state index in [9.17, 15) is 28.1 Å². The Morgan fingerprint density at radius 3 is 2.36 bits per heavy atom. The van der Waals surface area contributed by atoms with Crippen LogP contribution < -0.4 is 10.2 Å². The number of anilines is 1. The number of aromatic nitrogens is 3. The Bertz CT molecular complexity index is 1140. The minimum atomic E-state index is -4.42. The maximum Gasteiger partial charge on any atom is 0.417 e. The van der Waals surface area contributed by atoms with Crippen molar-refractivity contribution in [3.05, 3.63) is 76.2 Å². The van der Waals surface area contributed by atoms with Gasteiger partial charge in [-0.1, -0.05) is 0 Å². The lowest BCUT2D eigenvalue weighted by Crippen LogP contribution is -2.45. The summed E-state index contributed by atoms with van der Waals surface area (Å²) < 4.78 is 39.5. The van der Waals surface area contributed by atoms with Gasteiger partial charge in [-0.05, 0) is 43.2 Å². The third-order valence-electron chi connectivity index (χ3n) is 5.38. The number of pyridine rings is 1. The maximum atomic E-state index is 12.7. The highest BCUT2D eigenvalue weighted by Crippen LogP contribution is 2.29. The number of non-ortho nitro benzene ring substituents is 1. The molecule has 1 aromatic carbocycles. The molecular weight excluding hydrogens is 441 g/mol. The van der Waals surface area contributed by atoms with Crippen molar-refractivity contribution in [1.29, 1.82) is 0 Å². The van der Waals surface area contributed by atoms with Crippen LogP contribution in [0.4, 0.5) is 24.7 Å². The van der Waals surface area contributed by atoms with E-state index in [2.05, 4.69) is 15.4 Å². The Balaban J connectivity index is 1.32. The first-order valence-electron chi connectivity index (χ1n) is 10.1. The first kappa shape index (κ1) is 22.2. The van der Waals surface area contributed by atoms with Crippen LogP contribution in [-0.2, 0) is 6.18 Å². The van der Waals surface area contributed by atoms with Gasteiger partial charge in [0.1, 0.15) is 5.82 Å². The summed E-state index contributed by atoms with van der Waals surface area (Å²) in [5, 5.41) is 17.9. The van der Waals surface area contributed by atoms with Gasteiger partial charge in [0.2, 0.25) is 0 Å². The Hall–Kier alpha value is -3.96. The molecule has 0 atom stereocenters. The monoisotopic (exact) mass is 460 g/mol. The Labute approximate surface area is 186 Å². The van der Waals surface area contributed by atoms with Gasteiger partial charge in [0.05, 0.1) is 16.2 Å².